The first-order chi connectivity index (χ1) is 7.68. The SMILES string of the molecule is CC(C(=O)c1ccccc1)n1cc(F)cn1. The van der Waals surface area contributed by atoms with Crippen LogP contribution < -0.4 is 0 Å². The molecule has 1 aromatic heterocycles. The highest BCUT2D eigenvalue weighted by Gasteiger charge is 2.17. The van der Waals surface area contributed by atoms with Gasteiger partial charge in [-0.25, -0.2) is 4.39 Å². The Morgan fingerprint density at radius 1 is 1.38 bits per heavy atom. The van der Waals surface area contributed by atoms with E-state index in [1.165, 1.54) is 10.9 Å². The van der Waals surface area contributed by atoms with Gasteiger partial charge in [-0.2, -0.15) is 5.10 Å². The summed E-state index contributed by atoms with van der Waals surface area (Å²) < 4.78 is 14.1. The van der Waals surface area contributed by atoms with Crippen LogP contribution in [0.1, 0.15) is 23.3 Å². The van der Waals surface area contributed by atoms with Crippen molar-refractivity contribution >= 4 is 5.78 Å². The third-order valence-corrected chi connectivity index (χ3v) is 2.40. The molecule has 1 aromatic carbocycles. The molecular formula is C12H11FN2O. The van der Waals surface area contributed by atoms with Crippen molar-refractivity contribution in [2.45, 2.75) is 13.0 Å². The Balaban J connectivity index is 2.23. The van der Waals surface area contributed by atoms with Crippen molar-refractivity contribution in [3.05, 3.63) is 54.1 Å². The van der Waals surface area contributed by atoms with E-state index in [0.29, 0.717) is 5.56 Å². The number of carbonyl (C=O) groups is 1. The summed E-state index contributed by atoms with van der Waals surface area (Å²) in [5.41, 5.74) is 0.603. The summed E-state index contributed by atoms with van der Waals surface area (Å²) in [6.45, 7) is 1.70. The fourth-order valence-electron chi connectivity index (χ4n) is 1.49. The largest absolute Gasteiger partial charge is 0.292 e. The zero-order chi connectivity index (χ0) is 11.5. The quantitative estimate of drug-likeness (QED) is 0.742. The van der Waals surface area contributed by atoms with Gasteiger partial charge in [-0.1, -0.05) is 30.3 Å². The van der Waals surface area contributed by atoms with E-state index in [1.807, 2.05) is 6.07 Å². The van der Waals surface area contributed by atoms with E-state index in [0.717, 1.165) is 6.20 Å². The second kappa shape index (κ2) is 4.26. The molecule has 16 heavy (non-hydrogen) atoms. The van der Waals surface area contributed by atoms with Crippen LogP contribution in [-0.4, -0.2) is 15.6 Å². The Bertz CT molecular complexity index is 493. The fraction of sp³-hybridized carbons (Fsp3) is 0.167. The van der Waals surface area contributed by atoms with Crippen LogP contribution >= 0.6 is 0 Å². The summed E-state index contributed by atoms with van der Waals surface area (Å²) in [6.07, 6.45) is 2.31. The summed E-state index contributed by atoms with van der Waals surface area (Å²) >= 11 is 0. The molecule has 4 heteroatoms. The standard InChI is InChI=1S/C12H11FN2O/c1-9(15-8-11(13)7-14-15)12(16)10-5-3-2-4-6-10/h2-9H,1H3. The van der Waals surface area contributed by atoms with Crippen LogP contribution in [0.15, 0.2) is 42.7 Å². The van der Waals surface area contributed by atoms with Crippen molar-refractivity contribution in [1.82, 2.24) is 9.78 Å². The molecule has 0 aliphatic heterocycles. The summed E-state index contributed by atoms with van der Waals surface area (Å²) in [7, 11) is 0. The second-order valence-electron chi connectivity index (χ2n) is 3.54. The number of halogens is 1. The lowest BCUT2D eigenvalue weighted by atomic mass is 10.1. The first-order valence-electron chi connectivity index (χ1n) is 4.97. The maximum absolute atomic E-state index is 12.8. The van der Waals surface area contributed by atoms with Crippen molar-refractivity contribution in [2.75, 3.05) is 0 Å². The van der Waals surface area contributed by atoms with Crippen molar-refractivity contribution in [2.24, 2.45) is 0 Å². The molecule has 2 aromatic rings. The highest BCUT2D eigenvalue weighted by atomic mass is 19.1. The van der Waals surface area contributed by atoms with E-state index < -0.39 is 11.9 Å². The van der Waals surface area contributed by atoms with Crippen LogP contribution in [0.2, 0.25) is 0 Å². The van der Waals surface area contributed by atoms with Crippen LogP contribution in [0.4, 0.5) is 4.39 Å². The maximum atomic E-state index is 12.8. The summed E-state index contributed by atoms with van der Waals surface area (Å²) in [4.78, 5) is 12.0. The van der Waals surface area contributed by atoms with Crippen LogP contribution in [-0.2, 0) is 0 Å². The Kier molecular flexibility index (Phi) is 2.81. The van der Waals surface area contributed by atoms with E-state index in [9.17, 15) is 9.18 Å². The Morgan fingerprint density at radius 2 is 2.06 bits per heavy atom. The molecule has 0 saturated carbocycles. The lowest BCUT2D eigenvalue weighted by Crippen LogP contribution is -2.17. The zero-order valence-corrected chi connectivity index (χ0v) is 8.80. The van der Waals surface area contributed by atoms with Gasteiger partial charge < -0.3 is 0 Å². The first-order valence-corrected chi connectivity index (χ1v) is 4.97. The summed E-state index contributed by atoms with van der Waals surface area (Å²) in [5, 5.41) is 3.78. The summed E-state index contributed by atoms with van der Waals surface area (Å²) in [6, 6.07) is 8.41. The van der Waals surface area contributed by atoms with Crippen molar-refractivity contribution in [1.29, 1.82) is 0 Å². The number of Topliss-reactive ketones (excluding diaryl/α,β-unsaturated/α-hetero) is 1. The van der Waals surface area contributed by atoms with Gasteiger partial charge in [0.2, 0.25) is 0 Å². The van der Waals surface area contributed by atoms with E-state index in [-0.39, 0.29) is 5.78 Å². The molecule has 0 N–H and O–H groups in total. The second-order valence-corrected chi connectivity index (χ2v) is 3.54. The minimum atomic E-state index is -0.494. The topological polar surface area (TPSA) is 34.9 Å². The Labute approximate surface area is 92.5 Å². The third kappa shape index (κ3) is 2.00. The van der Waals surface area contributed by atoms with E-state index in [4.69, 9.17) is 0 Å². The monoisotopic (exact) mass is 218 g/mol. The average Bonchev–Trinajstić information content (AvgIpc) is 2.75. The molecule has 0 aliphatic carbocycles. The number of nitrogens with zero attached hydrogens (tertiary/aromatic N) is 2. The minimum absolute atomic E-state index is 0.0799. The average molecular weight is 218 g/mol. The van der Waals surface area contributed by atoms with Gasteiger partial charge in [-0.3, -0.25) is 9.48 Å². The molecule has 0 radical (unpaired) electrons. The highest BCUT2D eigenvalue weighted by Crippen LogP contribution is 2.13. The lowest BCUT2D eigenvalue weighted by Gasteiger charge is -2.10. The smallest absolute Gasteiger partial charge is 0.187 e. The van der Waals surface area contributed by atoms with Gasteiger partial charge in [-0.15, -0.1) is 0 Å². The van der Waals surface area contributed by atoms with Crippen molar-refractivity contribution in [3.63, 3.8) is 0 Å². The van der Waals surface area contributed by atoms with Gasteiger partial charge in [0.15, 0.2) is 11.6 Å². The van der Waals surface area contributed by atoms with E-state index >= 15 is 0 Å². The van der Waals surface area contributed by atoms with Crippen LogP contribution in [0.25, 0.3) is 0 Å². The van der Waals surface area contributed by atoms with E-state index in [2.05, 4.69) is 5.10 Å². The van der Waals surface area contributed by atoms with E-state index in [1.54, 1.807) is 31.2 Å². The molecule has 82 valence electrons. The van der Waals surface area contributed by atoms with Crippen molar-refractivity contribution in [3.8, 4) is 0 Å². The minimum Gasteiger partial charge on any atom is -0.292 e. The molecular weight excluding hydrogens is 207 g/mol. The number of ketones is 1. The van der Waals surface area contributed by atoms with Gasteiger partial charge in [0.25, 0.3) is 0 Å². The summed E-state index contributed by atoms with van der Waals surface area (Å²) in [5.74, 6) is -0.517. The Morgan fingerprint density at radius 3 is 2.62 bits per heavy atom. The molecule has 0 bridgehead atoms. The first kappa shape index (κ1) is 10.5. The van der Waals surface area contributed by atoms with Gasteiger partial charge in [0, 0.05) is 5.56 Å². The molecule has 0 spiro atoms. The zero-order valence-electron chi connectivity index (χ0n) is 8.80. The molecule has 0 aliphatic rings. The molecule has 0 fully saturated rings. The number of carbonyl (C=O) groups excluding carboxylic acids is 1. The Hall–Kier alpha value is -1.97. The lowest BCUT2D eigenvalue weighted by molar-refractivity contribution is 0.0928. The van der Waals surface area contributed by atoms with Gasteiger partial charge in [0.05, 0.1) is 12.4 Å². The van der Waals surface area contributed by atoms with Crippen LogP contribution in [0, 0.1) is 5.82 Å². The normalized spacial score (nSPS) is 12.4. The molecule has 0 amide bonds. The number of hydrogen-bond donors (Lipinski definition) is 0. The predicted molar refractivity (Wildman–Crippen MR) is 57.7 cm³/mol. The number of benzene rings is 1. The molecule has 3 nitrogen and oxygen atoms in total. The molecule has 1 unspecified atom stereocenters. The van der Waals surface area contributed by atoms with Gasteiger partial charge >= 0.3 is 0 Å². The fourth-order valence-corrected chi connectivity index (χ4v) is 1.49. The molecule has 2 rings (SSSR count). The number of hydrogen-bond acceptors (Lipinski definition) is 2. The molecule has 1 atom stereocenters. The number of rotatable bonds is 3. The van der Waals surface area contributed by atoms with Gasteiger partial charge in [0.1, 0.15) is 6.04 Å². The van der Waals surface area contributed by atoms with Crippen LogP contribution in [0.3, 0.4) is 0 Å². The van der Waals surface area contributed by atoms with Crippen LogP contribution in [0.5, 0.6) is 0 Å². The maximum Gasteiger partial charge on any atom is 0.187 e. The highest BCUT2D eigenvalue weighted by molar-refractivity contribution is 5.98. The third-order valence-electron chi connectivity index (χ3n) is 2.40. The van der Waals surface area contributed by atoms with Gasteiger partial charge in [-0.05, 0) is 6.92 Å². The molecule has 1 heterocycles. The number of aromatic nitrogens is 2. The van der Waals surface area contributed by atoms with Crippen molar-refractivity contribution < 1.29 is 9.18 Å². The predicted octanol–water partition coefficient (Wildman–Crippen LogP) is 2.47. The molecule has 0 saturated heterocycles.